The van der Waals surface area contributed by atoms with Gasteiger partial charge in [-0.2, -0.15) is 5.10 Å². The normalized spacial score (nSPS) is 18.5. The number of carbonyl (C=O) groups excluding carboxylic acids is 1. The van der Waals surface area contributed by atoms with E-state index in [2.05, 4.69) is 15.4 Å². The van der Waals surface area contributed by atoms with Crippen LogP contribution in [-0.2, 0) is 6.54 Å². The zero-order valence-electron chi connectivity index (χ0n) is 18.4. The van der Waals surface area contributed by atoms with Crippen molar-refractivity contribution in [3.05, 3.63) is 82.4 Å². The Balaban J connectivity index is 1.47. The molecule has 9 heteroatoms. The Morgan fingerprint density at radius 3 is 2.70 bits per heavy atom. The van der Waals surface area contributed by atoms with E-state index in [1.807, 2.05) is 36.5 Å². The lowest BCUT2D eigenvalue weighted by atomic mass is 9.92. The zero-order chi connectivity index (χ0) is 22.9. The number of aliphatic hydroxyl groups is 1. The first-order valence-corrected chi connectivity index (χ1v) is 11.2. The number of amides is 1. The van der Waals surface area contributed by atoms with E-state index in [0.29, 0.717) is 29.9 Å². The number of carbonyl (C=O) groups is 1. The summed E-state index contributed by atoms with van der Waals surface area (Å²) in [4.78, 5) is 30.7. The van der Waals surface area contributed by atoms with Gasteiger partial charge < -0.3 is 10.4 Å². The van der Waals surface area contributed by atoms with E-state index in [1.54, 1.807) is 30.2 Å². The van der Waals surface area contributed by atoms with E-state index in [9.17, 15) is 14.7 Å². The molecule has 9 nitrogen and oxygen atoms in total. The quantitative estimate of drug-likeness (QED) is 0.488. The van der Waals surface area contributed by atoms with Gasteiger partial charge in [-0.3, -0.25) is 13.8 Å². The average Bonchev–Trinajstić information content (AvgIpc) is 3.48. The Hall–Kier alpha value is -3.72. The number of aliphatic hydroxyl groups excluding tert-OH is 1. The molecule has 2 N–H and O–H groups in total. The minimum absolute atomic E-state index is 0.268. The van der Waals surface area contributed by atoms with E-state index >= 15 is 0 Å². The highest BCUT2D eigenvalue weighted by molar-refractivity contribution is 5.99. The summed E-state index contributed by atoms with van der Waals surface area (Å²) in [5, 5.41) is 17.4. The molecule has 3 heterocycles. The van der Waals surface area contributed by atoms with Gasteiger partial charge in [0, 0.05) is 24.8 Å². The topological polar surface area (TPSA) is 106 Å². The summed E-state index contributed by atoms with van der Waals surface area (Å²) in [6, 6.07) is 9.30. The summed E-state index contributed by atoms with van der Waals surface area (Å²) in [6.45, 7) is 2.09. The van der Waals surface area contributed by atoms with E-state index in [1.165, 1.54) is 8.97 Å². The van der Waals surface area contributed by atoms with Crippen LogP contribution in [0, 0.1) is 6.92 Å². The highest BCUT2D eigenvalue weighted by Crippen LogP contribution is 2.19. The predicted octanol–water partition coefficient (Wildman–Crippen LogP) is 2.07. The standard InChI is InChI=1S/C24H26N6O3/c1-16-13-29-22(26-16)19(23(32)27-20-5-2-3-6-21(20)31)15-28(24(29)33)14-17-7-9-18(10-8-17)30-12-4-11-25-30/h4,7-13,15,20-21,31H,2-3,5-6,14H2,1H3,(H,27,32)/t20-,21-/m0/s1. The van der Waals surface area contributed by atoms with Crippen molar-refractivity contribution in [3.8, 4) is 5.69 Å². The van der Waals surface area contributed by atoms with E-state index in [4.69, 9.17) is 0 Å². The van der Waals surface area contributed by atoms with E-state index in [-0.39, 0.29) is 17.6 Å². The fraction of sp³-hybridized carbons (Fsp3) is 0.333. The lowest BCUT2D eigenvalue weighted by Gasteiger charge is -2.28. The number of hydrogen-bond donors (Lipinski definition) is 2. The van der Waals surface area contributed by atoms with Crippen LogP contribution in [0.4, 0.5) is 0 Å². The third-order valence-electron chi connectivity index (χ3n) is 6.15. The van der Waals surface area contributed by atoms with Crippen LogP contribution in [0.2, 0.25) is 0 Å². The predicted molar refractivity (Wildman–Crippen MR) is 123 cm³/mol. The number of nitrogens with zero attached hydrogens (tertiary/aromatic N) is 5. The molecular formula is C24H26N6O3. The van der Waals surface area contributed by atoms with Crippen LogP contribution in [0.25, 0.3) is 11.3 Å². The number of imidazole rings is 1. The van der Waals surface area contributed by atoms with Crippen molar-refractivity contribution >= 4 is 11.6 Å². The van der Waals surface area contributed by atoms with Crippen molar-refractivity contribution in [1.29, 1.82) is 0 Å². The first kappa shape index (κ1) is 21.1. The van der Waals surface area contributed by atoms with Crippen molar-refractivity contribution in [3.63, 3.8) is 0 Å². The molecule has 1 fully saturated rings. The summed E-state index contributed by atoms with van der Waals surface area (Å²) < 4.78 is 4.70. The van der Waals surface area contributed by atoms with Gasteiger partial charge in [0.15, 0.2) is 5.65 Å². The smallest absolute Gasteiger partial charge is 0.334 e. The number of hydrogen-bond acceptors (Lipinski definition) is 5. The number of nitrogens with one attached hydrogen (secondary N) is 1. The van der Waals surface area contributed by atoms with Gasteiger partial charge in [-0.1, -0.05) is 25.0 Å². The van der Waals surface area contributed by atoms with Gasteiger partial charge in [-0.05, 0) is 43.5 Å². The van der Waals surface area contributed by atoms with Gasteiger partial charge in [-0.15, -0.1) is 0 Å². The minimum Gasteiger partial charge on any atom is -0.391 e. The third-order valence-corrected chi connectivity index (χ3v) is 6.15. The third kappa shape index (κ3) is 4.19. The molecule has 0 spiro atoms. The molecule has 5 rings (SSSR count). The van der Waals surface area contributed by atoms with Crippen LogP contribution in [-0.4, -0.2) is 46.9 Å². The van der Waals surface area contributed by atoms with Gasteiger partial charge in [0.25, 0.3) is 5.91 Å². The SMILES string of the molecule is Cc1cn2c(=O)n(Cc3ccc(-n4cccn4)cc3)cc(C(=O)N[C@H]3CCCC[C@@H]3O)c2n1. The second-order valence-electron chi connectivity index (χ2n) is 8.58. The van der Waals surface area contributed by atoms with Gasteiger partial charge >= 0.3 is 5.69 Å². The van der Waals surface area contributed by atoms with Crippen LogP contribution < -0.4 is 11.0 Å². The largest absolute Gasteiger partial charge is 0.391 e. The molecule has 170 valence electrons. The number of aromatic nitrogens is 5. The molecule has 4 aromatic rings. The Kier molecular flexibility index (Phi) is 5.55. The number of benzene rings is 1. The Morgan fingerprint density at radius 2 is 1.97 bits per heavy atom. The summed E-state index contributed by atoms with van der Waals surface area (Å²) in [7, 11) is 0. The van der Waals surface area contributed by atoms with Gasteiger partial charge in [0.1, 0.15) is 0 Å². The van der Waals surface area contributed by atoms with Gasteiger partial charge in [0.2, 0.25) is 0 Å². The molecule has 1 aliphatic carbocycles. The van der Waals surface area contributed by atoms with E-state index < -0.39 is 6.10 Å². The highest BCUT2D eigenvalue weighted by atomic mass is 16.3. The monoisotopic (exact) mass is 446 g/mol. The lowest BCUT2D eigenvalue weighted by molar-refractivity contribution is 0.0717. The van der Waals surface area contributed by atoms with Crippen LogP contribution in [0.5, 0.6) is 0 Å². The molecule has 33 heavy (non-hydrogen) atoms. The Morgan fingerprint density at radius 1 is 1.18 bits per heavy atom. The van der Waals surface area contributed by atoms with Crippen LogP contribution in [0.1, 0.15) is 47.3 Å². The summed E-state index contributed by atoms with van der Waals surface area (Å²) >= 11 is 0. The molecule has 1 saturated carbocycles. The Labute approximate surface area is 190 Å². The fourth-order valence-electron chi connectivity index (χ4n) is 4.41. The first-order valence-electron chi connectivity index (χ1n) is 11.2. The maximum atomic E-state index is 13.2. The maximum absolute atomic E-state index is 13.2. The molecule has 2 atom stereocenters. The minimum atomic E-state index is -0.556. The summed E-state index contributed by atoms with van der Waals surface area (Å²) in [6.07, 6.45) is 9.57. The van der Waals surface area contributed by atoms with Crippen molar-refractivity contribution in [1.82, 2.24) is 29.0 Å². The molecule has 3 aromatic heterocycles. The second kappa shape index (κ2) is 8.67. The molecule has 0 unspecified atom stereocenters. The maximum Gasteiger partial charge on any atom is 0.334 e. The Bertz CT molecular complexity index is 1340. The molecule has 0 saturated heterocycles. The number of aryl methyl sites for hydroxylation is 1. The first-order chi connectivity index (χ1) is 16.0. The highest BCUT2D eigenvalue weighted by Gasteiger charge is 2.26. The van der Waals surface area contributed by atoms with Gasteiger partial charge in [-0.25, -0.2) is 14.5 Å². The zero-order valence-corrected chi connectivity index (χ0v) is 18.4. The molecule has 1 amide bonds. The molecule has 0 radical (unpaired) electrons. The number of fused-ring (bicyclic) bond motifs is 1. The second-order valence-corrected chi connectivity index (χ2v) is 8.58. The van der Waals surface area contributed by atoms with Crippen molar-refractivity contribution in [2.45, 2.75) is 51.3 Å². The molecule has 1 aliphatic rings. The summed E-state index contributed by atoms with van der Waals surface area (Å²) in [5.41, 5.74) is 2.86. The van der Waals surface area contributed by atoms with Crippen molar-refractivity contribution in [2.75, 3.05) is 0 Å². The number of rotatable bonds is 5. The fourth-order valence-corrected chi connectivity index (χ4v) is 4.41. The lowest BCUT2D eigenvalue weighted by Crippen LogP contribution is -2.45. The average molecular weight is 447 g/mol. The molecule has 0 aliphatic heterocycles. The van der Waals surface area contributed by atoms with E-state index in [0.717, 1.165) is 30.5 Å². The van der Waals surface area contributed by atoms with Crippen molar-refractivity contribution < 1.29 is 9.90 Å². The van der Waals surface area contributed by atoms with Crippen LogP contribution in [0.15, 0.2) is 59.9 Å². The van der Waals surface area contributed by atoms with Crippen molar-refractivity contribution in [2.24, 2.45) is 0 Å². The van der Waals surface area contributed by atoms with Crippen LogP contribution >= 0.6 is 0 Å². The molecular weight excluding hydrogens is 420 g/mol. The molecule has 1 aromatic carbocycles. The summed E-state index contributed by atoms with van der Waals surface area (Å²) in [5.74, 6) is -0.334. The van der Waals surface area contributed by atoms with Crippen LogP contribution in [0.3, 0.4) is 0 Å². The molecule has 0 bridgehead atoms. The van der Waals surface area contributed by atoms with Gasteiger partial charge in [0.05, 0.1) is 35.6 Å².